The van der Waals surface area contributed by atoms with Gasteiger partial charge in [-0.1, -0.05) is 5.16 Å². The molecule has 1 aromatic carbocycles. The molecule has 1 aliphatic heterocycles. The number of aromatic nitrogens is 2. The van der Waals surface area contributed by atoms with Gasteiger partial charge in [-0.3, -0.25) is 14.5 Å². The van der Waals surface area contributed by atoms with Crippen LogP contribution in [0.1, 0.15) is 31.2 Å². The van der Waals surface area contributed by atoms with E-state index >= 15 is 0 Å². The number of nitrogens with one attached hydrogen (secondary N) is 1. The quantitative estimate of drug-likeness (QED) is 0.803. The number of likely N-dealkylation sites (N-methyl/N-ethyl adjacent to an activating group) is 1. The third kappa shape index (κ3) is 4.23. The van der Waals surface area contributed by atoms with Crippen LogP contribution in [0.15, 0.2) is 28.8 Å². The summed E-state index contributed by atoms with van der Waals surface area (Å²) in [6.07, 6.45) is 0.346. The smallest absolute Gasteiger partial charge is 0.303 e. The molecule has 1 fully saturated rings. The van der Waals surface area contributed by atoms with Gasteiger partial charge in [0.25, 0.3) is 0 Å². The molecule has 0 spiro atoms. The van der Waals surface area contributed by atoms with Gasteiger partial charge in [-0.05, 0) is 37.7 Å². The predicted molar refractivity (Wildman–Crippen MR) is 88.5 cm³/mol. The highest BCUT2D eigenvalue weighted by atomic mass is 19.1. The van der Waals surface area contributed by atoms with E-state index in [9.17, 15) is 14.0 Å². The molecule has 2 atom stereocenters. The van der Waals surface area contributed by atoms with Gasteiger partial charge in [0.2, 0.25) is 17.6 Å². The van der Waals surface area contributed by atoms with Crippen molar-refractivity contribution in [2.75, 3.05) is 13.6 Å². The van der Waals surface area contributed by atoms with Gasteiger partial charge in [0, 0.05) is 24.6 Å². The zero-order chi connectivity index (χ0) is 18.7. The van der Waals surface area contributed by atoms with E-state index in [0.29, 0.717) is 30.2 Å². The van der Waals surface area contributed by atoms with Gasteiger partial charge < -0.3 is 14.9 Å². The van der Waals surface area contributed by atoms with Crippen molar-refractivity contribution in [3.05, 3.63) is 36.0 Å². The molecule has 2 aromatic rings. The zero-order valence-corrected chi connectivity index (χ0v) is 14.2. The number of hydrogen-bond acceptors (Lipinski definition) is 6. The van der Waals surface area contributed by atoms with Crippen molar-refractivity contribution >= 4 is 11.9 Å². The van der Waals surface area contributed by atoms with Crippen LogP contribution < -0.4 is 5.32 Å². The monoisotopic (exact) mass is 362 g/mol. The van der Waals surface area contributed by atoms with Crippen LogP contribution in [0.5, 0.6) is 0 Å². The highest BCUT2D eigenvalue weighted by Gasteiger charge is 2.35. The first-order valence-corrected chi connectivity index (χ1v) is 8.23. The molecule has 0 aliphatic carbocycles. The van der Waals surface area contributed by atoms with Crippen molar-refractivity contribution in [3.8, 4) is 11.4 Å². The zero-order valence-electron chi connectivity index (χ0n) is 14.2. The maximum absolute atomic E-state index is 13.0. The van der Waals surface area contributed by atoms with Gasteiger partial charge in [-0.25, -0.2) is 4.39 Å². The summed E-state index contributed by atoms with van der Waals surface area (Å²) in [7, 11) is 1.88. The number of aliphatic carboxylic acids is 1. The number of carbonyl (C=O) groups is 2. The second-order valence-corrected chi connectivity index (χ2v) is 6.31. The van der Waals surface area contributed by atoms with Crippen molar-refractivity contribution in [1.82, 2.24) is 20.4 Å². The number of likely N-dealkylation sites (tertiary alicyclic amines) is 1. The van der Waals surface area contributed by atoms with Crippen LogP contribution in [0.3, 0.4) is 0 Å². The van der Waals surface area contributed by atoms with E-state index in [-0.39, 0.29) is 36.6 Å². The Morgan fingerprint density at radius 2 is 2.08 bits per heavy atom. The molecule has 0 radical (unpaired) electrons. The van der Waals surface area contributed by atoms with E-state index in [4.69, 9.17) is 9.63 Å². The number of nitrogens with zero attached hydrogens (tertiary/aromatic N) is 3. The minimum atomic E-state index is -0.999. The molecule has 8 nitrogen and oxygen atoms in total. The summed E-state index contributed by atoms with van der Waals surface area (Å²) in [5, 5.41) is 15.4. The molecule has 2 unspecified atom stereocenters. The van der Waals surface area contributed by atoms with E-state index in [0.717, 1.165) is 0 Å². The number of carboxylic acid groups (broad SMARTS) is 1. The molecule has 1 aliphatic rings. The topological polar surface area (TPSA) is 109 Å². The van der Waals surface area contributed by atoms with Gasteiger partial charge in [0.05, 0.1) is 12.5 Å². The summed E-state index contributed by atoms with van der Waals surface area (Å²) in [5.74, 6) is -0.823. The number of benzene rings is 1. The highest BCUT2D eigenvalue weighted by Crippen LogP contribution is 2.31. The Bertz CT molecular complexity index is 792. The van der Waals surface area contributed by atoms with E-state index in [2.05, 4.69) is 15.5 Å². The van der Waals surface area contributed by atoms with Crippen LogP contribution >= 0.6 is 0 Å². The second-order valence-electron chi connectivity index (χ2n) is 6.31. The van der Waals surface area contributed by atoms with Crippen molar-refractivity contribution in [1.29, 1.82) is 0 Å². The first-order valence-electron chi connectivity index (χ1n) is 8.23. The van der Waals surface area contributed by atoms with Crippen molar-refractivity contribution in [2.24, 2.45) is 0 Å². The van der Waals surface area contributed by atoms with Crippen LogP contribution in [0.25, 0.3) is 11.4 Å². The van der Waals surface area contributed by atoms with Gasteiger partial charge in [-0.2, -0.15) is 4.98 Å². The summed E-state index contributed by atoms with van der Waals surface area (Å²) in [6, 6.07) is 5.54. The van der Waals surface area contributed by atoms with E-state index in [1.54, 1.807) is 12.1 Å². The Kier molecular flexibility index (Phi) is 5.27. The van der Waals surface area contributed by atoms with Gasteiger partial charge in [-0.15, -0.1) is 0 Å². The van der Waals surface area contributed by atoms with Crippen LogP contribution in [0, 0.1) is 5.82 Å². The summed E-state index contributed by atoms with van der Waals surface area (Å²) in [6.45, 7) is 0.595. The molecule has 3 rings (SSSR count). The number of hydrogen-bond donors (Lipinski definition) is 2. The summed E-state index contributed by atoms with van der Waals surface area (Å²) < 4.78 is 18.4. The fourth-order valence-electron chi connectivity index (χ4n) is 3.00. The van der Waals surface area contributed by atoms with Crippen molar-refractivity contribution in [2.45, 2.75) is 31.3 Å². The Balaban J connectivity index is 1.62. The minimum absolute atomic E-state index is 0.0461. The highest BCUT2D eigenvalue weighted by molar-refractivity contribution is 5.80. The maximum atomic E-state index is 13.0. The number of halogens is 1. The Morgan fingerprint density at radius 3 is 2.77 bits per heavy atom. The summed E-state index contributed by atoms with van der Waals surface area (Å²) >= 11 is 0. The fourth-order valence-corrected chi connectivity index (χ4v) is 3.00. The van der Waals surface area contributed by atoms with Gasteiger partial charge in [0.1, 0.15) is 5.82 Å². The predicted octanol–water partition coefficient (Wildman–Crippen LogP) is 1.60. The van der Waals surface area contributed by atoms with Crippen LogP contribution in [0.4, 0.5) is 4.39 Å². The van der Waals surface area contributed by atoms with E-state index in [1.807, 2.05) is 11.9 Å². The standard InChI is InChI=1S/C17H19FN4O4/c1-22-9-12(19-14(23)6-7-15(24)25)8-13(22)17-20-16(21-26-17)10-2-4-11(18)5-3-10/h2-5,12-13H,6-9H2,1H3,(H,19,23)(H,24,25). The molecule has 9 heteroatoms. The lowest BCUT2D eigenvalue weighted by Crippen LogP contribution is -2.36. The first-order chi connectivity index (χ1) is 12.4. The SMILES string of the molecule is CN1CC(NC(=O)CCC(=O)O)CC1c1nc(-c2ccc(F)cc2)no1. The molecule has 1 saturated heterocycles. The largest absolute Gasteiger partial charge is 0.481 e. The summed E-state index contributed by atoms with van der Waals surface area (Å²) in [5.41, 5.74) is 0.653. The maximum Gasteiger partial charge on any atom is 0.303 e. The molecule has 0 bridgehead atoms. The third-order valence-electron chi connectivity index (χ3n) is 4.31. The lowest BCUT2D eigenvalue weighted by Gasteiger charge is -2.14. The van der Waals surface area contributed by atoms with Crippen molar-refractivity contribution < 1.29 is 23.6 Å². The molecule has 138 valence electrons. The number of carboxylic acids is 1. The molecule has 0 saturated carbocycles. The Labute approximate surface area is 149 Å². The average Bonchev–Trinajstić information content (AvgIpc) is 3.20. The molecule has 2 heterocycles. The molecule has 26 heavy (non-hydrogen) atoms. The number of amides is 1. The lowest BCUT2D eigenvalue weighted by molar-refractivity contribution is -0.138. The molecular formula is C17H19FN4O4. The summed E-state index contributed by atoms with van der Waals surface area (Å²) in [4.78, 5) is 28.7. The number of carbonyl (C=O) groups excluding carboxylic acids is 1. The van der Waals surface area contributed by atoms with Crippen LogP contribution in [-0.2, 0) is 9.59 Å². The second kappa shape index (κ2) is 7.61. The van der Waals surface area contributed by atoms with Crippen molar-refractivity contribution in [3.63, 3.8) is 0 Å². The molecule has 1 amide bonds. The fraction of sp³-hybridized carbons (Fsp3) is 0.412. The Hall–Kier alpha value is -2.81. The first kappa shape index (κ1) is 18.0. The van der Waals surface area contributed by atoms with Crippen LogP contribution in [0.2, 0.25) is 0 Å². The van der Waals surface area contributed by atoms with E-state index < -0.39 is 5.97 Å². The molecule has 1 aromatic heterocycles. The lowest BCUT2D eigenvalue weighted by atomic mass is 10.1. The normalized spacial score (nSPS) is 20.2. The number of rotatable bonds is 6. The molecular weight excluding hydrogens is 343 g/mol. The Morgan fingerprint density at radius 1 is 1.35 bits per heavy atom. The average molecular weight is 362 g/mol. The van der Waals surface area contributed by atoms with Gasteiger partial charge in [0.15, 0.2) is 0 Å². The van der Waals surface area contributed by atoms with Gasteiger partial charge >= 0.3 is 5.97 Å². The molecule has 2 N–H and O–H groups in total. The van der Waals surface area contributed by atoms with Crippen LogP contribution in [-0.4, -0.2) is 51.7 Å². The van der Waals surface area contributed by atoms with E-state index in [1.165, 1.54) is 12.1 Å². The minimum Gasteiger partial charge on any atom is -0.481 e. The third-order valence-corrected chi connectivity index (χ3v) is 4.31.